The number of halogens is 5. The summed E-state index contributed by atoms with van der Waals surface area (Å²) in [6.07, 6.45) is -7.85. The number of alkyl halides is 5. The first-order valence-corrected chi connectivity index (χ1v) is 13.2. The van der Waals surface area contributed by atoms with Crippen LogP contribution in [0.3, 0.4) is 0 Å². The predicted octanol–water partition coefficient (Wildman–Crippen LogP) is 4.83. The topological polar surface area (TPSA) is 140 Å². The number of likely N-dealkylation sites (tertiary alicyclic amines) is 1. The number of ether oxygens (including phenoxy) is 1. The molecule has 3 N–H and O–H groups in total. The number of rotatable bonds is 4. The van der Waals surface area contributed by atoms with Crippen LogP contribution in [0.5, 0.6) is 0 Å². The van der Waals surface area contributed by atoms with Crippen LogP contribution in [-0.4, -0.2) is 76.5 Å². The number of aryl methyl sites for hydroxylation is 1. The van der Waals surface area contributed by atoms with E-state index >= 15 is 0 Å². The number of nitrogens with zero attached hydrogens (tertiary/aromatic N) is 4. The van der Waals surface area contributed by atoms with Crippen LogP contribution in [0, 0.1) is 18.3 Å². The number of fused-ring (bicyclic) bond motifs is 1. The number of aromatic nitrogens is 2. The number of morpholine rings is 1. The molecule has 2 aliphatic rings. The molecule has 2 aliphatic heterocycles. The number of anilines is 1. The lowest BCUT2D eigenvalue weighted by molar-refractivity contribution is -0.192. The average molecular weight is 611 g/mol. The van der Waals surface area contributed by atoms with E-state index in [9.17, 15) is 32.0 Å². The molecule has 0 radical (unpaired) electrons. The van der Waals surface area contributed by atoms with E-state index in [0.717, 1.165) is 6.54 Å². The number of hydrogen-bond donors (Lipinski definition) is 3. The molecule has 2 atom stereocenters. The lowest BCUT2D eigenvalue weighted by Gasteiger charge is -2.25. The second-order valence-electron chi connectivity index (χ2n) is 9.22. The van der Waals surface area contributed by atoms with E-state index in [2.05, 4.69) is 26.7 Å². The molecular weight excluding hydrogens is 587 g/mol. The second kappa shape index (κ2) is 12.8. The molecule has 2 saturated heterocycles. The molecule has 0 unspecified atom stereocenters. The van der Waals surface area contributed by atoms with Gasteiger partial charge in [0.2, 0.25) is 0 Å². The normalized spacial score (nSPS) is 18.1. The first-order valence-electron chi connectivity index (χ1n) is 12.3. The Morgan fingerprint density at radius 1 is 1.21 bits per heavy atom. The molecule has 4 heterocycles. The third kappa shape index (κ3) is 7.35. The number of urea groups is 1. The van der Waals surface area contributed by atoms with E-state index in [4.69, 9.17) is 14.6 Å². The summed E-state index contributed by atoms with van der Waals surface area (Å²) < 4.78 is 64.4. The van der Waals surface area contributed by atoms with E-state index in [1.54, 1.807) is 42.2 Å². The molecule has 2 amide bonds. The first kappa shape index (κ1) is 30.8. The van der Waals surface area contributed by atoms with E-state index in [0.29, 0.717) is 57.8 Å². The van der Waals surface area contributed by atoms with Gasteiger partial charge in [0, 0.05) is 24.3 Å². The maximum Gasteiger partial charge on any atom is 0.490 e. The molecular formula is C26H23F5N6O4S. The van der Waals surface area contributed by atoms with Gasteiger partial charge in [-0.1, -0.05) is 23.5 Å². The van der Waals surface area contributed by atoms with Gasteiger partial charge in [-0.2, -0.15) is 18.4 Å². The molecule has 0 saturated carbocycles. The molecule has 10 nitrogen and oxygen atoms in total. The number of carboxylic acid groups (broad SMARTS) is 1. The Labute approximate surface area is 239 Å². The number of amides is 2. The molecule has 2 aromatic heterocycles. The minimum Gasteiger partial charge on any atom is -0.475 e. The number of carbonyl (C=O) groups is 2. The van der Waals surface area contributed by atoms with Crippen LogP contribution in [-0.2, 0) is 9.53 Å². The van der Waals surface area contributed by atoms with E-state index in [-0.39, 0.29) is 23.9 Å². The fraction of sp³-hybridized carbons (Fsp3) is 0.346. The number of benzene rings is 1. The Balaban J connectivity index is 0.000000517. The lowest BCUT2D eigenvalue weighted by Crippen LogP contribution is -2.47. The first-order chi connectivity index (χ1) is 19.8. The zero-order chi connectivity index (χ0) is 30.6. The van der Waals surface area contributed by atoms with Crippen molar-refractivity contribution in [1.29, 1.82) is 5.26 Å². The van der Waals surface area contributed by atoms with Gasteiger partial charge in [-0.15, -0.1) is 0 Å². The van der Waals surface area contributed by atoms with Gasteiger partial charge in [-0.25, -0.2) is 23.4 Å². The summed E-state index contributed by atoms with van der Waals surface area (Å²) in [7, 11) is 0. The zero-order valence-corrected chi connectivity index (χ0v) is 22.6. The molecule has 0 bridgehead atoms. The van der Waals surface area contributed by atoms with E-state index < -0.39 is 18.6 Å². The van der Waals surface area contributed by atoms with Gasteiger partial charge in [0.25, 0.3) is 6.43 Å². The molecule has 16 heteroatoms. The second-order valence-corrected chi connectivity index (χ2v) is 10.2. The fourth-order valence-electron chi connectivity index (χ4n) is 4.37. The van der Waals surface area contributed by atoms with Crippen molar-refractivity contribution in [2.45, 2.75) is 31.7 Å². The Kier molecular flexibility index (Phi) is 9.34. The number of carboxylic acids is 1. The van der Waals surface area contributed by atoms with Crippen molar-refractivity contribution >= 4 is 28.5 Å². The van der Waals surface area contributed by atoms with Crippen LogP contribution in [0.15, 0.2) is 36.4 Å². The SMILES string of the molecule is Cc1cc(-c2sc(NC(=O)N3C[C@@H]4NCCO[C@H]4C3)nc2-c2cccc(C#N)c2)cc(C(F)F)n1.O=C(O)C(F)(F)F. The highest BCUT2D eigenvalue weighted by atomic mass is 32.1. The molecule has 42 heavy (non-hydrogen) atoms. The van der Waals surface area contributed by atoms with Crippen molar-refractivity contribution < 1.29 is 41.4 Å². The largest absolute Gasteiger partial charge is 0.490 e. The summed E-state index contributed by atoms with van der Waals surface area (Å²) in [6.45, 7) is 4.01. The van der Waals surface area contributed by atoms with Crippen LogP contribution in [0.25, 0.3) is 21.7 Å². The van der Waals surface area contributed by atoms with E-state index in [1.807, 2.05) is 0 Å². The van der Waals surface area contributed by atoms with E-state index in [1.165, 1.54) is 17.4 Å². The van der Waals surface area contributed by atoms with Gasteiger partial charge in [-0.05, 0) is 36.8 Å². The number of nitriles is 1. The monoisotopic (exact) mass is 610 g/mol. The summed E-state index contributed by atoms with van der Waals surface area (Å²) in [5.41, 5.74) is 2.22. The Morgan fingerprint density at radius 2 is 1.95 bits per heavy atom. The molecule has 222 valence electrons. The van der Waals surface area contributed by atoms with Crippen molar-refractivity contribution in [3.63, 3.8) is 0 Å². The summed E-state index contributed by atoms with van der Waals surface area (Å²) in [5.74, 6) is -2.76. The summed E-state index contributed by atoms with van der Waals surface area (Å²) in [5, 5.41) is 23.0. The highest BCUT2D eigenvalue weighted by Crippen LogP contribution is 2.40. The Morgan fingerprint density at radius 3 is 2.60 bits per heavy atom. The van der Waals surface area contributed by atoms with Gasteiger partial charge < -0.3 is 20.1 Å². The molecule has 3 aromatic rings. The van der Waals surface area contributed by atoms with Crippen LogP contribution in [0.4, 0.5) is 31.9 Å². The van der Waals surface area contributed by atoms with Crippen LogP contribution in [0.1, 0.15) is 23.4 Å². The third-order valence-corrected chi connectivity index (χ3v) is 7.22. The van der Waals surface area contributed by atoms with Gasteiger partial charge in [0.1, 0.15) is 5.69 Å². The average Bonchev–Trinajstić information content (AvgIpc) is 3.57. The number of pyridine rings is 1. The minimum atomic E-state index is -5.08. The molecule has 5 rings (SSSR count). The third-order valence-electron chi connectivity index (χ3n) is 6.20. The molecule has 1 aromatic carbocycles. The predicted molar refractivity (Wildman–Crippen MR) is 141 cm³/mol. The van der Waals surface area contributed by atoms with Crippen LogP contribution >= 0.6 is 11.3 Å². The number of carbonyl (C=O) groups excluding carboxylic acids is 1. The summed E-state index contributed by atoms with van der Waals surface area (Å²) >= 11 is 1.19. The maximum absolute atomic E-state index is 13.5. The number of nitrogens with one attached hydrogen (secondary N) is 2. The maximum atomic E-state index is 13.5. The lowest BCUT2D eigenvalue weighted by atomic mass is 10.0. The van der Waals surface area contributed by atoms with Gasteiger partial charge >= 0.3 is 18.2 Å². The van der Waals surface area contributed by atoms with Crippen molar-refractivity contribution in [2.75, 3.05) is 31.6 Å². The molecule has 0 spiro atoms. The minimum absolute atomic E-state index is 0.0433. The van der Waals surface area contributed by atoms with Gasteiger partial charge in [0.05, 0.1) is 47.5 Å². The Hall–Kier alpha value is -4.20. The number of hydrogen-bond acceptors (Lipinski definition) is 8. The standard InChI is InChI=1S/C24H22F2N6O2S.C2HF3O2/c1-13-7-16(9-17(29-13)22(25)26)21-20(15-4-2-3-14(8-15)10-27)30-23(35-21)31-24(33)32-11-18-19(12-32)34-6-5-28-18;3-2(4,5)1(6)7/h2-4,7-9,18-19,22,28H,5-6,11-12H2,1H3,(H,30,31,33);(H,6,7)/t18-,19-;/m0./s1. The Bertz CT molecular complexity index is 1500. The molecule has 0 aliphatic carbocycles. The van der Waals surface area contributed by atoms with Crippen molar-refractivity contribution in [3.05, 3.63) is 53.3 Å². The fourth-order valence-corrected chi connectivity index (χ4v) is 5.33. The number of thiazole rings is 1. The van der Waals surface area contributed by atoms with Crippen molar-refractivity contribution in [3.8, 4) is 27.8 Å². The number of aliphatic carboxylic acids is 1. The quantitative estimate of drug-likeness (QED) is 0.357. The highest BCUT2D eigenvalue weighted by molar-refractivity contribution is 7.19. The van der Waals surface area contributed by atoms with Crippen LogP contribution in [0.2, 0.25) is 0 Å². The summed E-state index contributed by atoms with van der Waals surface area (Å²) in [6, 6.07) is 11.8. The zero-order valence-electron chi connectivity index (χ0n) is 21.8. The van der Waals surface area contributed by atoms with Crippen LogP contribution < -0.4 is 10.6 Å². The highest BCUT2D eigenvalue weighted by Gasteiger charge is 2.39. The van der Waals surface area contributed by atoms with Crippen molar-refractivity contribution in [1.82, 2.24) is 20.2 Å². The van der Waals surface area contributed by atoms with Crippen molar-refractivity contribution in [2.24, 2.45) is 0 Å². The smallest absolute Gasteiger partial charge is 0.475 e. The van der Waals surface area contributed by atoms with Gasteiger partial charge in [0.15, 0.2) is 5.13 Å². The van der Waals surface area contributed by atoms with Gasteiger partial charge in [-0.3, -0.25) is 10.3 Å². The molecule has 2 fully saturated rings. The summed E-state index contributed by atoms with van der Waals surface area (Å²) in [4.78, 5) is 32.7.